The fourth-order valence-electron chi connectivity index (χ4n) is 2.00. The van der Waals surface area contributed by atoms with Gasteiger partial charge in [-0.25, -0.2) is 0 Å². The number of thioether (sulfide) groups is 1. The molecule has 0 spiro atoms. The largest absolute Gasteiger partial charge is 0.494 e. The van der Waals surface area contributed by atoms with Crippen LogP contribution in [0.2, 0.25) is 5.02 Å². The van der Waals surface area contributed by atoms with Crippen LogP contribution < -0.4 is 4.74 Å². The van der Waals surface area contributed by atoms with Gasteiger partial charge in [0.1, 0.15) is 0 Å². The molecule has 0 fully saturated rings. The molecule has 2 aromatic rings. The molecular weight excluding hydrogens is 320 g/mol. The summed E-state index contributed by atoms with van der Waals surface area (Å²) in [6.45, 7) is 0. The third kappa shape index (κ3) is 4.42. The Morgan fingerprint density at radius 3 is 2.50 bits per heavy atom. The highest BCUT2D eigenvalue weighted by Gasteiger charge is 2.13. The Morgan fingerprint density at radius 2 is 1.86 bits per heavy atom. The first kappa shape index (κ1) is 16.7. The van der Waals surface area contributed by atoms with E-state index in [1.165, 1.54) is 12.7 Å². The lowest BCUT2D eigenvalue weighted by Gasteiger charge is -2.12. The van der Waals surface area contributed by atoms with E-state index in [9.17, 15) is 4.79 Å². The zero-order chi connectivity index (χ0) is 15.9. The lowest BCUT2D eigenvalue weighted by Crippen LogP contribution is -2.05. The van der Waals surface area contributed by atoms with Gasteiger partial charge < -0.3 is 9.47 Å². The Labute approximate surface area is 139 Å². The Bertz CT molecular complexity index is 644. The maximum Gasteiger partial charge on any atom is 0.309 e. The summed E-state index contributed by atoms with van der Waals surface area (Å²) in [5.41, 5.74) is 2.03. The molecule has 0 aromatic heterocycles. The van der Waals surface area contributed by atoms with Crippen molar-refractivity contribution in [3.05, 3.63) is 58.6 Å². The minimum Gasteiger partial charge on any atom is -0.494 e. The van der Waals surface area contributed by atoms with Crippen LogP contribution in [0.25, 0.3) is 0 Å². The number of benzene rings is 2. The van der Waals surface area contributed by atoms with Crippen molar-refractivity contribution in [3.8, 4) is 5.75 Å². The minimum absolute atomic E-state index is 0.194. The van der Waals surface area contributed by atoms with Crippen molar-refractivity contribution >= 4 is 29.3 Å². The van der Waals surface area contributed by atoms with Gasteiger partial charge in [0.2, 0.25) is 0 Å². The molecule has 3 nitrogen and oxygen atoms in total. The minimum atomic E-state index is -0.291. The van der Waals surface area contributed by atoms with Gasteiger partial charge in [-0.1, -0.05) is 41.9 Å². The van der Waals surface area contributed by atoms with E-state index in [1.54, 1.807) is 24.9 Å². The molecule has 0 atom stereocenters. The van der Waals surface area contributed by atoms with Crippen molar-refractivity contribution in [2.45, 2.75) is 17.1 Å². The van der Waals surface area contributed by atoms with E-state index >= 15 is 0 Å². The molecule has 0 aliphatic rings. The van der Waals surface area contributed by atoms with Crippen LogP contribution in [-0.4, -0.2) is 20.2 Å². The lowest BCUT2D eigenvalue weighted by atomic mass is 10.1. The molecule has 0 aliphatic heterocycles. The van der Waals surface area contributed by atoms with E-state index in [4.69, 9.17) is 21.1 Å². The number of rotatable bonds is 6. The van der Waals surface area contributed by atoms with Crippen molar-refractivity contribution in [2.24, 2.45) is 0 Å². The van der Waals surface area contributed by atoms with Gasteiger partial charge in [-0.3, -0.25) is 4.79 Å². The van der Waals surface area contributed by atoms with E-state index in [0.717, 1.165) is 16.2 Å². The fourth-order valence-corrected chi connectivity index (χ4v) is 3.45. The first-order valence-corrected chi connectivity index (χ1v) is 8.10. The van der Waals surface area contributed by atoms with Crippen molar-refractivity contribution in [2.75, 3.05) is 14.2 Å². The highest BCUT2D eigenvalue weighted by molar-refractivity contribution is 7.98. The lowest BCUT2D eigenvalue weighted by molar-refractivity contribution is -0.139. The first-order valence-electron chi connectivity index (χ1n) is 6.74. The standard InChI is InChI=1S/C17H17ClO3S/c1-20-16(19)10-13-8-14(18)17(21-2)15(9-13)22-11-12-6-4-3-5-7-12/h3-9H,10-11H2,1-2H3. The van der Waals surface area contributed by atoms with Gasteiger partial charge in [-0.15, -0.1) is 11.8 Å². The number of halogens is 1. The van der Waals surface area contributed by atoms with Crippen LogP contribution in [0.15, 0.2) is 47.4 Å². The molecule has 2 rings (SSSR count). The molecule has 0 bridgehead atoms. The predicted molar refractivity (Wildman–Crippen MR) is 89.7 cm³/mol. The Balaban J connectivity index is 2.21. The maximum absolute atomic E-state index is 11.4. The summed E-state index contributed by atoms with van der Waals surface area (Å²) < 4.78 is 10.1. The number of methoxy groups -OCH3 is 2. The quantitative estimate of drug-likeness (QED) is 0.580. The van der Waals surface area contributed by atoms with Gasteiger partial charge in [-0.05, 0) is 23.3 Å². The molecule has 0 unspecified atom stereocenters. The molecule has 0 saturated heterocycles. The van der Waals surface area contributed by atoms with Crippen molar-refractivity contribution in [1.82, 2.24) is 0 Å². The molecular formula is C17H17ClO3S. The summed E-state index contributed by atoms with van der Waals surface area (Å²) in [4.78, 5) is 12.3. The molecule has 0 amide bonds. The van der Waals surface area contributed by atoms with E-state index in [1.807, 2.05) is 24.3 Å². The topological polar surface area (TPSA) is 35.5 Å². The molecule has 0 N–H and O–H groups in total. The van der Waals surface area contributed by atoms with E-state index in [2.05, 4.69) is 12.1 Å². The van der Waals surface area contributed by atoms with Gasteiger partial charge in [0.25, 0.3) is 0 Å². The zero-order valence-corrected chi connectivity index (χ0v) is 14.0. The van der Waals surface area contributed by atoms with Crippen LogP contribution in [0.3, 0.4) is 0 Å². The van der Waals surface area contributed by atoms with Gasteiger partial charge in [0.15, 0.2) is 5.75 Å². The average molecular weight is 337 g/mol. The Morgan fingerprint density at radius 1 is 1.14 bits per heavy atom. The highest BCUT2D eigenvalue weighted by Crippen LogP contribution is 2.38. The fraction of sp³-hybridized carbons (Fsp3) is 0.235. The molecule has 0 aliphatic carbocycles. The Kier molecular flexibility index (Phi) is 6.16. The van der Waals surface area contributed by atoms with Crippen molar-refractivity contribution < 1.29 is 14.3 Å². The average Bonchev–Trinajstić information content (AvgIpc) is 2.53. The summed E-state index contributed by atoms with van der Waals surface area (Å²) in [6, 6.07) is 13.8. The Hall–Kier alpha value is -1.65. The van der Waals surface area contributed by atoms with Crippen LogP contribution in [0, 0.1) is 0 Å². The van der Waals surface area contributed by atoms with Crippen LogP contribution >= 0.6 is 23.4 Å². The first-order chi connectivity index (χ1) is 10.6. The van der Waals surface area contributed by atoms with Crippen LogP contribution in [0.4, 0.5) is 0 Å². The van der Waals surface area contributed by atoms with Gasteiger partial charge in [-0.2, -0.15) is 0 Å². The number of esters is 1. The summed E-state index contributed by atoms with van der Waals surface area (Å²) in [6.07, 6.45) is 0.194. The van der Waals surface area contributed by atoms with Crippen molar-refractivity contribution in [3.63, 3.8) is 0 Å². The van der Waals surface area contributed by atoms with E-state index in [-0.39, 0.29) is 12.4 Å². The molecule has 116 valence electrons. The highest BCUT2D eigenvalue weighted by atomic mass is 35.5. The molecule has 0 radical (unpaired) electrons. The second-order valence-electron chi connectivity index (χ2n) is 4.64. The second-order valence-corrected chi connectivity index (χ2v) is 6.06. The van der Waals surface area contributed by atoms with E-state index < -0.39 is 0 Å². The summed E-state index contributed by atoms with van der Waals surface area (Å²) in [5, 5.41) is 0.500. The predicted octanol–water partition coefficient (Wildman–Crippen LogP) is 4.36. The molecule has 22 heavy (non-hydrogen) atoms. The smallest absolute Gasteiger partial charge is 0.309 e. The van der Waals surface area contributed by atoms with E-state index in [0.29, 0.717) is 10.8 Å². The molecule has 0 heterocycles. The zero-order valence-electron chi connectivity index (χ0n) is 12.5. The molecule has 0 saturated carbocycles. The summed E-state index contributed by atoms with van der Waals surface area (Å²) >= 11 is 7.88. The SMILES string of the molecule is COC(=O)Cc1cc(Cl)c(OC)c(SCc2ccccc2)c1. The summed E-state index contributed by atoms with van der Waals surface area (Å²) in [7, 11) is 2.96. The monoisotopic (exact) mass is 336 g/mol. The van der Waals surface area contributed by atoms with Crippen LogP contribution in [-0.2, 0) is 21.7 Å². The van der Waals surface area contributed by atoms with Gasteiger partial charge >= 0.3 is 5.97 Å². The van der Waals surface area contributed by atoms with Crippen LogP contribution in [0.1, 0.15) is 11.1 Å². The number of carbonyl (C=O) groups excluding carboxylic acids is 1. The third-order valence-corrected chi connectivity index (χ3v) is 4.46. The normalized spacial score (nSPS) is 10.3. The number of carbonyl (C=O) groups is 1. The molecule has 2 aromatic carbocycles. The second kappa shape index (κ2) is 8.11. The third-order valence-electron chi connectivity index (χ3n) is 3.09. The maximum atomic E-state index is 11.4. The number of hydrogen-bond donors (Lipinski definition) is 0. The number of ether oxygens (including phenoxy) is 2. The van der Waals surface area contributed by atoms with Crippen molar-refractivity contribution in [1.29, 1.82) is 0 Å². The van der Waals surface area contributed by atoms with Gasteiger partial charge in [0, 0.05) is 5.75 Å². The van der Waals surface area contributed by atoms with Gasteiger partial charge in [0.05, 0.1) is 30.6 Å². The number of hydrogen-bond acceptors (Lipinski definition) is 4. The van der Waals surface area contributed by atoms with Crippen LogP contribution in [0.5, 0.6) is 5.75 Å². The summed E-state index contributed by atoms with van der Waals surface area (Å²) in [5.74, 6) is 1.14. The molecule has 5 heteroatoms.